The zero-order chi connectivity index (χ0) is 21.7. The first-order valence-electron chi connectivity index (χ1n) is 11.4. The van der Waals surface area contributed by atoms with Crippen LogP contribution in [0.15, 0.2) is 48.4 Å². The molecule has 2 N–H and O–H groups in total. The lowest BCUT2D eigenvalue weighted by molar-refractivity contribution is -0.165. The Hall–Kier alpha value is -2.97. The predicted molar refractivity (Wildman–Crippen MR) is 120 cm³/mol. The normalized spacial score (nSPS) is 25.7. The molecule has 3 fully saturated rings. The van der Waals surface area contributed by atoms with Gasteiger partial charge in [0.25, 0.3) is 0 Å². The van der Waals surface area contributed by atoms with Gasteiger partial charge in [-0.25, -0.2) is 15.0 Å². The van der Waals surface area contributed by atoms with Gasteiger partial charge in [-0.2, -0.15) is 0 Å². The van der Waals surface area contributed by atoms with E-state index in [0.29, 0.717) is 30.4 Å². The molecule has 32 heavy (non-hydrogen) atoms. The smallest absolute Gasteiger partial charge is 0.134 e. The summed E-state index contributed by atoms with van der Waals surface area (Å²) in [6, 6.07) is 8.35. The van der Waals surface area contributed by atoms with E-state index >= 15 is 0 Å². The van der Waals surface area contributed by atoms with Crippen LogP contribution in [0.2, 0.25) is 0 Å². The maximum Gasteiger partial charge on any atom is 0.134 e. The van der Waals surface area contributed by atoms with Gasteiger partial charge >= 0.3 is 0 Å². The monoisotopic (exact) mass is 432 g/mol. The van der Waals surface area contributed by atoms with Gasteiger partial charge in [0.05, 0.1) is 36.7 Å². The molecule has 4 aliphatic rings. The van der Waals surface area contributed by atoms with Crippen molar-refractivity contribution in [1.29, 1.82) is 0 Å². The number of hydrogen-bond acceptors (Lipinski definition) is 8. The first-order valence-corrected chi connectivity index (χ1v) is 11.4. The van der Waals surface area contributed by atoms with Crippen LogP contribution in [0.5, 0.6) is 0 Å². The molecule has 2 saturated heterocycles. The minimum Gasteiger partial charge on any atom is -0.384 e. The van der Waals surface area contributed by atoms with Gasteiger partial charge in [0.1, 0.15) is 23.6 Å². The van der Waals surface area contributed by atoms with Gasteiger partial charge in [-0.15, -0.1) is 0 Å². The Labute approximate surface area is 187 Å². The van der Waals surface area contributed by atoms with Crippen LogP contribution in [0, 0.1) is 0 Å². The summed E-state index contributed by atoms with van der Waals surface area (Å²) < 4.78 is 5.79. The molecule has 2 aromatic heterocycles. The fourth-order valence-electron chi connectivity index (χ4n) is 4.66. The van der Waals surface area contributed by atoms with Gasteiger partial charge in [-0.1, -0.05) is 12.1 Å². The average Bonchev–Trinajstić information content (AvgIpc) is 3.47. The molecule has 2 bridgehead atoms. The van der Waals surface area contributed by atoms with Gasteiger partial charge in [0.2, 0.25) is 0 Å². The maximum atomic E-state index is 6.25. The molecule has 0 radical (unpaired) electrons. The highest BCUT2D eigenvalue weighted by atomic mass is 16.7. The number of hydroxylamine groups is 2. The van der Waals surface area contributed by atoms with E-state index in [1.807, 2.05) is 37.3 Å². The summed E-state index contributed by atoms with van der Waals surface area (Å²) in [5, 5.41) is 1.74. The molecule has 3 aliphatic heterocycles. The Morgan fingerprint density at radius 2 is 2.12 bits per heavy atom. The van der Waals surface area contributed by atoms with Crippen molar-refractivity contribution in [2.24, 2.45) is 5.73 Å². The first kappa shape index (κ1) is 19.7. The molecule has 0 aromatic carbocycles. The van der Waals surface area contributed by atoms with Crippen LogP contribution in [0.1, 0.15) is 55.4 Å². The Morgan fingerprint density at radius 1 is 1.22 bits per heavy atom. The van der Waals surface area contributed by atoms with Gasteiger partial charge < -0.3 is 15.4 Å². The van der Waals surface area contributed by atoms with Crippen molar-refractivity contribution >= 4 is 11.4 Å². The van der Waals surface area contributed by atoms with E-state index in [4.69, 9.17) is 25.3 Å². The molecule has 0 spiro atoms. The van der Waals surface area contributed by atoms with Crippen LogP contribution >= 0.6 is 0 Å². The molecule has 8 heteroatoms. The fraction of sp³-hybridized carbons (Fsp3) is 0.458. The van der Waals surface area contributed by atoms with Crippen LogP contribution in [-0.4, -0.2) is 51.9 Å². The summed E-state index contributed by atoms with van der Waals surface area (Å²) in [5.74, 6) is 3.03. The number of morpholine rings is 1. The van der Waals surface area contributed by atoms with E-state index in [-0.39, 0.29) is 6.10 Å². The molecule has 8 nitrogen and oxygen atoms in total. The highest BCUT2D eigenvalue weighted by Gasteiger charge is 2.40. The largest absolute Gasteiger partial charge is 0.384 e. The highest BCUT2D eigenvalue weighted by molar-refractivity contribution is 5.69. The molecule has 6 rings (SSSR count). The standard InChI is InChI=1S/C24H28N6O2/c1-15(20-4-2-3-9-26-20)32-30-12-17(7-8-22(30)25)21-11-23(28-24(27-21)16-5-6-16)29-13-19-10-18(29)14-31-19/h2-4,7-9,11,15-16,18-19H,5-6,10,12-14,25H2,1H3/t15?,18-,19-/m0/s1. The number of ether oxygens (including phenoxy) is 1. The Morgan fingerprint density at radius 3 is 2.84 bits per heavy atom. The summed E-state index contributed by atoms with van der Waals surface area (Å²) in [6.45, 7) is 4.20. The number of aromatic nitrogens is 3. The van der Waals surface area contributed by atoms with Crippen molar-refractivity contribution < 1.29 is 9.57 Å². The van der Waals surface area contributed by atoms with Crippen LogP contribution in [0.25, 0.3) is 5.57 Å². The van der Waals surface area contributed by atoms with E-state index in [2.05, 4.69) is 16.0 Å². The van der Waals surface area contributed by atoms with E-state index in [0.717, 1.165) is 48.2 Å². The van der Waals surface area contributed by atoms with E-state index in [1.54, 1.807) is 11.3 Å². The van der Waals surface area contributed by atoms with Gasteiger partial charge in [0.15, 0.2) is 0 Å². The van der Waals surface area contributed by atoms with Gasteiger partial charge in [0, 0.05) is 30.3 Å². The molecule has 166 valence electrons. The van der Waals surface area contributed by atoms with Crippen LogP contribution in [0.3, 0.4) is 0 Å². The molecular weight excluding hydrogens is 404 g/mol. The quantitative estimate of drug-likeness (QED) is 0.745. The summed E-state index contributed by atoms with van der Waals surface area (Å²) in [4.78, 5) is 22.9. The lowest BCUT2D eigenvalue weighted by atomic mass is 10.1. The van der Waals surface area contributed by atoms with Crippen molar-refractivity contribution in [1.82, 2.24) is 20.0 Å². The third-order valence-electron chi connectivity index (χ3n) is 6.64. The Balaban J connectivity index is 1.26. The van der Waals surface area contributed by atoms with Crippen molar-refractivity contribution in [3.05, 3.63) is 65.6 Å². The zero-order valence-corrected chi connectivity index (χ0v) is 18.2. The number of allylic oxidation sites excluding steroid dienone is 2. The van der Waals surface area contributed by atoms with E-state index in [1.165, 1.54) is 12.8 Å². The molecule has 2 aromatic rings. The van der Waals surface area contributed by atoms with E-state index < -0.39 is 0 Å². The van der Waals surface area contributed by atoms with Crippen LogP contribution in [-0.2, 0) is 9.57 Å². The minimum atomic E-state index is -0.217. The second-order valence-electron chi connectivity index (χ2n) is 9.06. The third kappa shape index (κ3) is 3.73. The number of anilines is 1. The topological polar surface area (TPSA) is 89.6 Å². The summed E-state index contributed by atoms with van der Waals surface area (Å²) in [5.41, 5.74) is 9.13. The minimum absolute atomic E-state index is 0.217. The molecule has 1 saturated carbocycles. The lowest BCUT2D eigenvalue weighted by Gasteiger charge is -2.31. The van der Waals surface area contributed by atoms with Crippen molar-refractivity contribution in [2.75, 3.05) is 24.6 Å². The van der Waals surface area contributed by atoms with Crippen molar-refractivity contribution in [3.63, 3.8) is 0 Å². The predicted octanol–water partition coefficient (Wildman–Crippen LogP) is 2.92. The van der Waals surface area contributed by atoms with Gasteiger partial charge in [-0.3, -0.25) is 9.82 Å². The number of pyridine rings is 1. The molecule has 5 heterocycles. The highest BCUT2D eigenvalue weighted by Crippen LogP contribution is 2.40. The molecule has 1 aliphatic carbocycles. The first-order chi connectivity index (χ1) is 15.6. The number of hydrogen-bond donors (Lipinski definition) is 1. The Kier molecular flexibility index (Phi) is 4.84. The SMILES string of the molecule is CC(ON1CC(c2cc(N3C[C@@H]4C[C@H]3CO4)nc(C3CC3)n2)=CC=C1N)c1ccccn1. The lowest BCUT2D eigenvalue weighted by Crippen LogP contribution is -2.38. The van der Waals surface area contributed by atoms with Crippen molar-refractivity contribution in [2.45, 2.75) is 50.4 Å². The second kappa shape index (κ2) is 7.86. The Bertz CT molecular complexity index is 1070. The third-order valence-corrected chi connectivity index (χ3v) is 6.64. The second-order valence-corrected chi connectivity index (χ2v) is 9.06. The van der Waals surface area contributed by atoms with Crippen LogP contribution in [0.4, 0.5) is 5.82 Å². The number of fused-ring (bicyclic) bond motifs is 2. The average molecular weight is 433 g/mol. The number of rotatable bonds is 6. The fourth-order valence-corrected chi connectivity index (χ4v) is 4.66. The maximum absolute atomic E-state index is 6.25. The van der Waals surface area contributed by atoms with Gasteiger partial charge in [-0.05, 0) is 44.4 Å². The summed E-state index contributed by atoms with van der Waals surface area (Å²) >= 11 is 0. The van der Waals surface area contributed by atoms with Crippen molar-refractivity contribution in [3.8, 4) is 0 Å². The summed E-state index contributed by atoms with van der Waals surface area (Å²) in [7, 11) is 0. The van der Waals surface area contributed by atoms with Crippen LogP contribution < -0.4 is 10.6 Å². The zero-order valence-electron chi connectivity index (χ0n) is 18.2. The molecule has 1 unspecified atom stereocenters. The number of nitrogens with zero attached hydrogens (tertiary/aromatic N) is 5. The van der Waals surface area contributed by atoms with E-state index in [9.17, 15) is 0 Å². The molecular formula is C24H28N6O2. The summed E-state index contributed by atoms with van der Waals surface area (Å²) in [6.07, 6.45) is 9.24. The molecule has 0 amide bonds. The molecule has 3 atom stereocenters. The number of nitrogens with two attached hydrogens (primary N) is 1.